The molecule has 2 rings (SSSR count). The van der Waals surface area contributed by atoms with Crippen LogP contribution in [0.15, 0.2) is 48.5 Å². The Morgan fingerprint density at radius 2 is 1.74 bits per heavy atom. The molecule has 0 atom stereocenters. The van der Waals surface area contributed by atoms with E-state index in [4.69, 9.17) is 16.3 Å². The average molecular weight is 332 g/mol. The van der Waals surface area contributed by atoms with Gasteiger partial charge in [-0.25, -0.2) is 0 Å². The van der Waals surface area contributed by atoms with Crippen LogP contribution >= 0.6 is 11.6 Å². The van der Waals surface area contributed by atoms with Crippen molar-refractivity contribution >= 4 is 17.5 Å². The minimum Gasteiger partial charge on any atom is -0.488 e. The van der Waals surface area contributed by atoms with Crippen molar-refractivity contribution in [3.63, 3.8) is 0 Å². The molecule has 122 valence electrons. The molecular formula is C19H22ClNO2. The number of nitrogens with one attached hydrogen (secondary N) is 1. The van der Waals surface area contributed by atoms with E-state index in [1.807, 2.05) is 69.3 Å². The fourth-order valence-electron chi connectivity index (χ4n) is 2.11. The Hall–Kier alpha value is -2.00. The van der Waals surface area contributed by atoms with Gasteiger partial charge in [-0.15, -0.1) is 0 Å². The molecule has 0 fully saturated rings. The summed E-state index contributed by atoms with van der Waals surface area (Å²) in [6, 6.07) is 15.1. The summed E-state index contributed by atoms with van der Waals surface area (Å²) < 4.78 is 5.76. The zero-order valence-corrected chi connectivity index (χ0v) is 14.5. The van der Waals surface area contributed by atoms with Crippen LogP contribution in [0.4, 0.5) is 0 Å². The van der Waals surface area contributed by atoms with Gasteiger partial charge in [-0.2, -0.15) is 0 Å². The minimum atomic E-state index is -0.228. The third kappa shape index (κ3) is 5.95. The zero-order valence-electron chi connectivity index (χ0n) is 13.7. The highest BCUT2D eigenvalue weighted by Crippen LogP contribution is 2.19. The second-order valence-corrected chi connectivity index (χ2v) is 6.81. The van der Waals surface area contributed by atoms with E-state index in [1.54, 1.807) is 0 Å². The number of hydrogen-bond acceptors (Lipinski definition) is 2. The van der Waals surface area contributed by atoms with Crippen LogP contribution in [0.2, 0.25) is 5.02 Å². The van der Waals surface area contributed by atoms with Gasteiger partial charge in [0.15, 0.2) is 0 Å². The molecular weight excluding hydrogens is 310 g/mol. The van der Waals surface area contributed by atoms with Crippen molar-refractivity contribution in [1.29, 1.82) is 0 Å². The molecule has 2 aromatic carbocycles. The lowest BCUT2D eigenvalue weighted by Crippen LogP contribution is -2.25. The minimum absolute atomic E-state index is 0.0330. The average Bonchev–Trinajstić information content (AvgIpc) is 2.47. The molecule has 0 aromatic heterocycles. The van der Waals surface area contributed by atoms with E-state index in [-0.39, 0.29) is 11.5 Å². The van der Waals surface area contributed by atoms with Gasteiger partial charge in [0.1, 0.15) is 11.4 Å². The Morgan fingerprint density at radius 1 is 1.09 bits per heavy atom. The fraction of sp³-hybridized carbons (Fsp3) is 0.316. The first-order chi connectivity index (χ1) is 10.8. The number of benzene rings is 2. The molecule has 2 aromatic rings. The van der Waals surface area contributed by atoms with Crippen LogP contribution in [0.3, 0.4) is 0 Å². The van der Waals surface area contributed by atoms with Crippen LogP contribution in [0.5, 0.6) is 5.75 Å². The summed E-state index contributed by atoms with van der Waals surface area (Å²) in [5.41, 5.74) is 1.63. The van der Waals surface area contributed by atoms with Crippen molar-refractivity contribution in [2.45, 2.75) is 39.3 Å². The van der Waals surface area contributed by atoms with Gasteiger partial charge in [0.05, 0.1) is 6.42 Å². The second-order valence-electron chi connectivity index (χ2n) is 6.40. The Morgan fingerprint density at radius 3 is 2.35 bits per heavy atom. The standard InChI is InChI=1S/C19H22ClNO2/c1-19(2,3)23-16-10-8-14(9-11-16)12-18(22)21-13-15-6-4-5-7-17(15)20/h4-11H,12-13H2,1-3H3,(H,21,22). The molecule has 23 heavy (non-hydrogen) atoms. The largest absolute Gasteiger partial charge is 0.488 e. The molecule has 0 aliphatic heterocycles. The van der Waals surface area contributed by atoms with Gasteiger partial charge in [-0.05, 0) is 50.1 Å². The van der Waals surface area contributed by atoms with Crippen LogP contribution in [-0.2, 0) is 17.8 Å². The maximum Gasteiger partial charge on any atom is 0.224 e. The van der Waals surface area contributed by atoms with Gasteiger partial charge in [0.25, 0.3) is 0 Å². The molecule has 0 bridgehead atoms. The van der Waals surface area contributed by atoms with Crippen LogP contribution in [0.25, 0.3) is 0 Å². The predicted octanol–water partition coefficient (Wildman–Crippen LogP) is 4.38. The summed E-state index contributed by atoms with van der Waals surface area (Å²) in [5, 5.41) is 3.55. The molecule has 3 nitrogen and oxygen atoms in total. The Kier molecular flexibility index (Phi) is 5.67. The van der Waals surface area contributed by atoms with Crippen LogP contribution < -0.4 is 10.1 Å². The molecule has 0 saturated carbocycles. The summed E-state index contributed by atoms with van der Waals surface area (Å²) in [6.45, 7) is 6.44. The van der Waals surface area contributed by atoms with Gasteiger partial charge < -0.3 is 10.1 Å². The maximum absolute atomic E-state index is 12.0. The monoisotopic (exact) mass is 331 g/mol. The molecule has 0 unspecified atom stereocenters. The second kappa shape index (κ2) is 7.51. The predicted molar refractivity (Wildman–Crippen MR) is 93.8 cm³/mol. The molecule has 0 aliphatic carbocycles. The van der Waals surface area contributed by atoms with Gasteiger partial charge in [-0.1, -0.05) is 41.9 Å². The van der Waals surface area contributed by atoms with Crippen LogP contribution in [0.1, 0.15) is 31.9 Å². The Bertz CT molecular complexity index is 660. The quantitative estimate of drug-likeness (QED) is 0.883. The van der Waals surface area contributed by atoms with Gasteiger partial charge in [0.2, 0.25) is 5.91 Å². The van der Waals surface area contributed by atoms with Crippen molar-refractivity contribution in [2.75, 3.05) is 0 Å². The normalized spacial score (nSPS) is 11.1. The molecule has 0 heterocycles. The lowest BCUT2D eigenvalue weighted by Gasteiger charge is -2.21. The molecule has 0 saturated heterocycles. The topological polar surface area (TPSA) is 38.3 Å². The molecule has 0 radical (unpaired) electrons. The summed E-state index contributed by atoms with van der Waals surface area (Å²) in [6.07, 6.45) is 0.334. The first-order valence-corrected chi connectivity index (χ1v) is 7.99. The first-order valence-electron chi connectivity index (χ1n) is 7.61. The van der Waals surface area contributed by atoms with E-state index >= 15 is 0 Å². The first kappa shape index (κ1) is 17.4. The molecule has 1 amide bonds. The number of rotatable bonds is 5. The van der Waals surface area contributed by atoms with Gasteiger partial charge in [0, 0.05) is 11.6 Å². The lowest BCUT2D eigenvalue weighted by molar-refractivity contribution is -0.120. The molecule has 0 spiro atoms. The summed E-state index contributed by atoms with van der Waals surface area (Å²) in [5.74, 6) is 0.770. The van der Waals surface area contributed by atoms with E-state index in [0.717, 1.165) is 16.9 Å². The summed E-state index contributed by atoms with van der Waals surface area (Å²) in [7, 11) is 0. The number of amides is 1. The molecule has 1 N–H and O–H groups in total. The third-order valence-corrected chi connectivity index (χ3v) is 3.51. The summed E-state index contributed by atoms with van der Waals surface area (Å²) >= 11 is 6.07. The molecule has 4 heteroatoms. The highest BCUT2D eigenvalue weighted by molar-refractivity contribution is 6.31. The van der Waals surface area contributed by atoms with E-state index in [2.05, 4.69) is 5.32 Å². The number of halogens is 1. The van der Waals surface area contributed by atoms with E-state index in [1.165, 1.54) is 0 Å². The zero-order chi connectivity index (χ0) is 16.9. The van der Waals surface area contributed by atoms with Gasteiger partial charge >= 0.3 is 0 Å². The lowest BCUT2D eigenvalue weighted by atomic mass is 10.1. The van der Waals surface area contributed by atoms with Crippen molar-refractivity contribution in [2.24, 2.45) is 0 Å². The number of ether oxygens (including phenoxy) is 1. The maximum atomic E-state index is 12.0. The number of carbonyl (C=O) groups is 1. The smallest absolute Gasteiger partial charge is 0.224 e. The number of hydrogen-bond donors (Lipinski definition) is 1. The highest BCUT2D eigenvalue weighted by atomic mass is 35.5. The molecule has 0 aliphatic rings. The van der Waals surface area contributed by atoms with Crippen LogP contribution in [0, 0.1) is 0 Å². The van der Waals surface area contributed by atoms with Crippen molar-refractivity contribution in [3.8, 4) is 5.75 Å². The Labute approximate surface area is 142 Å². The summed E-state index contributed by atoms with van der Waals surface area (Å²) in [4.78, 5) is 12.0. The third-order valence-electron chi connectivity index (χ3n) is 3.15. The van der Waals surface area contributed by atoms with Crippen molar-refractivity contribution in [3.05, 3.63) is 64.7 Å². The van der Waals surface area contributed by atoms with E-state index < -0.39 is 0 Å². The van der Waals surface area contributed by atoms with Crippen LogP contribution in [-0.4, -0.2) is 11.5 Å². The van der Waals surface area contributed by atoms with E-state index in [9.17, 15) is 4.79 Å². The number of carbonyl (C=O) groups excluding carboxylic acids is 1. The highest BCUT2D eigenvalue weighted by Gasteiger charge is 2.11. The fourth-order valence-corrected chi connectivity index (χ4v) is 2.31. The Balaban J connectivity index is 1.87. The SMILES string of the molecule is CC(C)(C)Oc1ccc(CC(=O)NCc2ccccc2Cl)cc1. The van der Waals surface area contributed by atoms with Crippen molar-refractivity contribution < 1.29 is 9.53 Å². The van der Waals surface area contributed by atoms with E-state index in [0.29, 0.717) is 18.0 Å². The van der Waals surface area contributed by atoms with Gasteiger partial charge in [-0.3, -0.25) is 4.79 Å². The van der Waals surface area contributed by atoms with Crippen molar-refractivity contribution in [1.82, 2.24) is 5.32 Å².